The number of carbonyl (C=O) groups excluding carboxylic acids is 1. The second-order valence-electron chi connectivity index (χ2n) is 8.93. The molecule has 0 fully saturated rings. The molecular formula is C30H29NO6. The Labute approximate surface area is 215 Å². The summed E-state index contributed by atoms with van der Waals surface area (Å²) in [5.41, 5.74) is 3.11. The third kappa shape index (κ3) is 4.42. The summed E-state index contributed by atoms with van der Waals surface area (Å²) in [6.07, 6.45) is 0. The molecule has 1 aliphatic heterocycles. The van der Waals surface area contributed by atoms with E-state index in [1.54, 1.807) is 24.1 Å². The van der Waals surface area contributed by atoms with Gasteiger partial charge in [-0.25, -0.2) is 0 Å². The Balaban J connectivity index is 1.69. The number of fused-ring (bicyclic) bond motifs is 2. The fourth-order valence-corrected chi connectivity index (χ4v) is 4.81. The Morgan fingerprint density at radius 3 is 2.32 bits per heavy atom. The molecule has 0 spiro atoms. The van der Waals surface area contributed by atoms with E-state index >= 15 is 0 Å². The number of amides is 1. The predicted molar refractivity (Wildman–Crippen MR) is 141 cm³/mol. The van der Waals surface area contributed by atoms with E-state index in [2.05, 4.69) is 0 Å². The van der Waals surface area contributed by atoms with Gasteiger partial charge in [0.05, 0.1) is 37.3 Å². The van der Waals surface area contributed by atoms with Crippen LogP contribution in [-0.4, -0.2) is 31.1 Å². The van der Waals surface area contributed by atoms with E-state index in [1.165, 1.54) is 0 Å². The van der Waals surface area contributed by atoms with Gasteiger partial charge < -0.3 is 23.5 Å². The largest absolute Gasteiger partial charge is 0.497 e. The van der Waals surface area contributed by atoms with Gasteiger partial charge in [-0.05, 0) is 68.3 Å². The summed E-state index contributed by atoms with van der Waals surface area (Å²) in [5, 5.41) is 0.457. The highest BCUT2D eigenvalue weighted by Crippen LogP contribution is 2.42. The molecule has 0 saturated carbocycles. The molecule has 1 aromatic heterocycles. The monoisotopic (exact) mass is 499 g/mol. The van der Waals surface area contributed by atoms with Gasteiger partial charge in [-0.2, -0.15) is 0 Å². The van der Waals surface area contributed by atoms with E-state index in [0.29, 0.717) is 41.2 Å². The van der Waals surface area contributed by atoms with Crippen LogP contribution in [0.4, 0.5) is 0 Å². The molecule has 0 bridgehead atoms. The first-order valence-corrected chi connectivity index (χ1v) is 12.4. The van der Waals surface area contributed by atoms with Crippen molar-refractivity contribution < 1.29 is 23.4 Å². The third-order valence-corrected chi connectivity index (χ3v) is 6.52. The minimum atomic E-state index is -0.652. The first kappa shape index (κ1) is 24.4. The summed E-state index contributed by atoms with van der Waals surface area (Å²) in [6, 6.07) is 17.8. The molecule has 1 unspecified atom stereocenters. The highest BCUT2D eigenvalue weighted by atomic mass is 16.5. The van der Waals surface area contributed by atoms with Crippen molar-refractivity contribution in [3.05, 3.63) is 98.9 Å². The molecule has 1 aliphatic rings. The standard InChI is InChI=1S/C30H29NO6/c1-5-35-24-14-10-20(16-25(24)36-6-2)27-26-28(32)22-15-18(3)7-13-23(22)37-29(26)30(33)31(27)17-19-8-11-21(34-4)12-9-19/h7-16,27H,5-6,17H2,1-4H3. The zero-order chi connectivity index (χ0) is 26.1. The van der Waals surface area contributed by atoms with Gasteiger partial charge in [0.2, 0.25) is 5.76 Å². The van der Waals surface area contributed by atoms with Crippen molar-refractivity contribution in [2.24, 2.45) is 0 Å². The van der Waals surface area contributed by atoms with E-state index in [9.17, 15) is 9.59 Å². The van der Waals surface area contributed by atoms with Gasteiger partial charge in [-0.1, -0.05) is 29.8 Å². The molecule has 1 amide bonds. The van der Waals surface area contributed by atoms with Gasteiger partial charge in [0, 0.05) is 6.54 Å². The maximum absolute atomic E-state index is 13.9. The van der Waals surface area contributed by atoms with Crippen molar-refractivity contribution >= 4 is 16.9 Å². The Bertz CT molecular complexity index is 1520. The molecule has 0 aliphatic carbocycles. The first-order chi connectivity index (χ1) is 17.9. The van der Waals surface area contributed by atoms with Gasteiger partial charge in [0.15, 0.2) is 16.9 Å². The van der Waals surface area contributed by atoms with Gasteiger partial charge in [-0.3, -0.25) is 9.59 Å². The number of rotatable bonds is 8. The fraction of sp³-hybridized carbons (Fsp3) is 0.267. The number of hydrogen-bond acceptors (Lipinski definition) is 6. The van der Waals surface area contributed by atoms with E-state index in [-0.39, 0.29) is 23.6 Å². The van der Waals surface area contributed by atoms with Crippen LogP contribution in [0.1, 0.15) is 52.7 Å². The number of hydrogen-bond donors (Lipinski definition) is 0. The zero-order valence-corrected chi connectivity index (χ0v) is 21.4. The van der Waals surface area contributed by atoms with Crippen LogP contribution in [0, 0.1) is 6.92 Å². The molecule has 1 atom stereocenters. The lowest BCUT2D eigenvalue weighted by Gasteiger charge is -2.26. The van der Waals surface area contributed by atoms with Crippen LogP contribution >= 0.6 is 0 Å². The van der Waals surface area contributed by atoms with Gasteiger partial charge in [0.1, 0.15) is 11.3 Å². The molecule has 0 N–H and O–H groups in total. The summed E-state index contributed by atoms with van der Waals surface area (Å²) >= 11 is 0. The average molecular weight is 500 g/mol. The van der Waals surface area contributed by atoms with Crippen LogP contribution in [0.25, 0.3) is 11.0 Å². The number of carbonyl (C=O) groups is 1. The summed E-state index contributed by atoms with van der Waals surface area (Å²) in [5.74, 6) is 1.64. The van der Waals surface area contributed by atoms with Gasteiger partial charge >= 0.3 is 0 Å². The third-order valence-electron chi connectivity index (χ3n) is 6.52. The minimum Gasteiger partial charge on any atom is -0.497 e. The van der Waals surface area contributed by atoms with E-state index < -0.39 is 6.04 Å². The van der Waals surface area contributed by atoms with Crippen molar-refractivity contribution in [2.45, 2.75) is 33.4 Å². The molecule has 190 valence electrons. The Morgan fingerprint density at radius 2 is 1.62 bits per heavy atom. The highest BCUT2D eigenvalue weighted by molar-refractivity contribution is 5.99. The lowest BCUT2D eigenvalue weighted by Crippen LogP contribution is -2.29. The summed E-state index contributed by atoms with van der Waals surface area (Å²) in [6.45, 7) is 6.95. The molecule has 5 rings (SSSR count). The van der Waals surface area contributed by atoms with Crippen LogP contribution in [0.3, 0.4) is 0 Å². The van der Waals surface area contributed by atoms with E-state index in [4.69, 9.17) is 18.6 Å². The SMILES string of the molecule is CCOc1ccc(C2c3c(oc4ccc(C)cc4c3=O)C(=O)N2Cc2ccc(OC)cc2)cc1OCC. The molecule has 37 heavy (non-hydrogen) atoms. The van der Waals surface area contributed by atoms with Crippen molar-refractivity contribution in [3.63, 3.8) is 0 Å². The molecule has 3 aromatic carbocycles. The normalized spacial score (nSPS) is 14.6. The van der Waals surface area contributed by atoms with Gasteiger partial charge in [-0.15, -0.1) is 0 Å². The average Bonchev–Trinajstić information content (AvgIpc) is 3.17. The van der Waals surface area contributed by atoms with Crippen LogP contribution in [0.2, 0.25) is 0 Å². The zero-order valence-electron chi connectivity index (χ0n) is 21.4. The smallest absolute Gasteiger partial charge is 0.291 e. The van der Waals surface area contributed by atoms with Crippen molar-refractivity contribution in [2.75, 3.05) is 20.3 Å². The molecule has 0 saturated heterocycles. The molecule has 4 aromatic rings. The second kappa shape index (κ2) is 10.0. The number of ether oxygens (including phenoxy) is 3. The van der Waals surface area contributed by atoms with Crippen LogP contribution in [0.15, 0.2) is 69.9 Å². The Morgan fingerprint density at radius 1 is 0.892 bits per heavy atom. The quantitative estimate of drug-likeness (QED) is 0.312. The molecule has 7 nitrogen and oxygen atoms in total. The Hall–Kier alpha value is -4.26. The molecular weight excluding hydrogens is 470 g/mol. The number of nitrogens with zero attached hydrogens (tertiary/aromatic N) is 1. The lowest BCUT2D eigenvalue weighted by molar-refractivity contribution is 0.0714. The topological polar surface area (TPSA) is 78.2 Å². The van der Waals surface area contributed by atoms with Crippen molar-refractivity contribution in [1.82, 2.24) is 4.90 Å². The highest BCUT2D eigenvalue weighted by Gasteiger charge is 2.43. The van der Waals surface area contributed by atoms with Crippen LogP contribution in [-0.2, 0) is 6.54 Å². The number of methoxy groups -OCH3 is 1. The van der Waals surface area contributed by atoms with E-state index in [1.807, 2.05) is 69.3 Å². The summed E-state index contributed by atoms with van der Waals surface area (Å²) in [7, 11) is 1.61. The Kier molecular flexibility index (Phi) is 6.61. The van der Waals surface area contributed by atoms with Gasteiger partial charge in [0.25, 0.3) is 5.91 Å². The van der Waals surface area contributed by atoms with Crippen LogP contribution < -0.4 is 19.6 Å². The maximum Gasteiger partial charge on any atom is 0.291 e. The van der Waals surface area contributed by atoms with Crippen LogP contribution in [0.5, 0.6) is 17.2 Å². The summed E-state index contributed by atoms with van der Waals surface area (Å²) in [4.78, 5) is 29.3. The molecule has 7 heteroatoms. The lowest BCUT2D eigenvalue weighted by atomic mass is 9.97. The minimum absolute atomic E-state index is 0.0757. The molecule has 2 heterocycles. The van der Waals surface area contributed by atoms with Crippen molar-refractivity contribution in [3.8, 4) is 17.2 Å². The summed E-state index contributed by atoms with van der Waals surface area (Å²) < 4.78 is 23.0. The number of aryl methyl sites for hydroxylation is 1. The van der Waals surface area contributed by atoms with Crippen molar-refractivity contribution in [1.29, 1.82) is 0 Å². The number of benzene rings is 3. The fourth-order valence-electron chi connectivity index (χ4n) is 4.81. The van der Waals surface area contributed by atoms with E-state index in [0.717, 1.165) is 22.4 Å². The molecule has 0 radical (unpaired) electrons. The predicted octanol–water partition coefficient (Wildman–Crippen LogP) is 5.65. The first-order valence-electron chi connectivity index (χ1n) is 12.4. The second-order valence-corrected chi connectivity index (χ2v) is 8.93. The maximum atomic E-state index is 13.9.